The molecular weight excluding hydrogens is 412 g/mol. The fourth-order valence-corrected chi connectivity index (χ4v) is 4.39. The van der Waals surface area contributed by atoms with Crippen molar-refractivity contribution in [3.8, 4) is 0 Å². The average Bonchev–Trinajstić information content (AvgIpc) is 2.79. The number of nitrogens with zero attached hydrogens (tertiary/aromatic N) is 4. The fourth-order valence-electron chi connectivity index (χ4n) is 4.39. The Bertz CT molecular complexity index is 899. The zero-order valence-electron chi connectivity index (χ0n) is 20.5. The number of anilines is 1. The molecule has 0 aromatic heterocycles. The predicted molar refractivity (Wildman–Crippen MR) is 134 cm³/mol. The van der Waals surface area contributed by atoms with E-state index >= 15 is 0 Å². The van der Waals surface area contributed by atoms with Gasteiger partial charge in [0.25, 0.3) is 0 Å². The minimum Gasteiger partial charge on any atom is -0.342 e. The van der Waals surface area contributed by atoms with Crippen molar-refractivity contribution in [2.24, 2.45) is 5.92 Å². The van der Waals surface area contributed by atoms with E-state index in [0.717, 1.165) is 42.7 Å². The van der Waals surface area contributed by atoms with Crippen molar-refractivity contribution in [2.75, 3.05) is 59.3 Å². The van der Waals surface area contributed by atoms with Gasteiger partial charge in [-0.3, -0.25) is 9.59 Å². The Labute approximate surface area is 198 Å². The van der Waals surface area contributed by atoms with Gasteiger partial charge < -0.3 is 19.6 Å². The first-order valence-corrected chi connectivity index (χ1v) is 11.9. The lowest BCUT2D eigenvalue weighted by molar-refractivity contribution is -0.141. The SMILES string of the molecule is CN(C)CCCN(CCCN(C)C)C(=O)C1Cc2ccccc2N(Cc2ccccc2)C1=O. The van der Waals surface area contributed by atoms with E-state index in [2.05, 4.69) is 9.80 Å². The van der Waals surface area contributed by atoms with E-state index in [1.54, 1.807) is 4.90 Å². The normalized spacial score (nSPS) is 15.8. The van der Waals surface area contributed by atoms with Crippen LogP contribution in [0.2, 0.25) is 0 Å². The number of rotatable bonds is 11. The summed E-state index contributed by atoms with van der Waals surface area (Å²) in [6, 6.07) is 18.0. The molecule has 178 valence electrons. The van der Waals surface area contributed by atoms with Gasteiger partial charge in [0.15, 0.2) is 0 Å². The Morgan fingerprint density at radius 1 is 0.848 bits per heavy atom. The van der Waals surface area contributed by atoms with E-state index < -0.39 is 5.92 Å². The largest absolute Gasteiger partial charge is 0.342 e. The van der Waals surface area contributed by atoms with Gasteiger partial charge in [0.2, 0.25) is 11.8 Å². The lowest BCUT2D eigenvalue weighted by Gasteiger charge is -2.36. The van der Waals surface area contributed by atoms with Crippen LogP contribution in [0.15, 0.2) is 54.6 Å². The monoisotopic (exact) mass is 450 g/mol. The molecule has 1 atom stereocenters. The Kier molecular flexibility index (Phi) is 9.03. The standard InChI is InChI=1S/C27H38N4O2/c1-28(2)16-10-18-30(19-11-17-29(3)4)26(32)24-20-23-14-8-9-15-25(23)31(27(24)33)21-22-12-6-5-7-13-22/h5-9,12-15,24H,10-11,16-21H2,1-4H3. The summed E-state index contributed by atoms with van der Waals surface area (Å²) in [5, 5.41) is 0. The number of fused-ring (bicyclic) bond motifs is 1. The van der Waals surface area contributed by atoms with E-state index in [4.69, 9.17) is 0 Å². The molecular formula is C27H38N4O2. The summed E-state index contributed by atoms with van der Waals surface area (Å²) in [7, 11) is 8.17. The van der Waals surface area contributed by atoms with Gasteiger partial charge in [0.05, 0.1) is 6.54 Å². The second kappa shape index (κ2) is 12.0. The average molecular weight is 451 g/mol. The first kappa shape index (κ1) is 24.9. The maximum Gasteiger partial charge on any atom is 0.240 e. The van der Waals surface area contributed by atoms with Crippen molar-refractivity contribution in [1.82, 2.24) is 14.7 Å². The summed E-state index contributed by atoms with van der Waals surface area (Å²) < 4.78 is 0. The summed E-state index contributed by atoms with van der Waals surface area (Å²) in [6.45, 7) is 3.66. The quantitative estimate of drug-likeness (QED) is 0.494. The molecule has 33 heavy (non-hydrogen) atoms. The van der Waals surface area contributed by atoms with Crippen LogP contribution in [0.3, 0.4) is 0 Å². The molecule has 0 bridgehead atoms. The molecule has 0 radical (unpaired) electrons. The number of hydrogen-bond acceptors (Lipinski definition) is 4. The highest BCUT2D eigenvalue weighted by Crippen LogP contribution is 2.32. The number of para-hydroxylation sites is 1. The third kappa shape index (κ3) is 6.89. The Hall–Kier alpha value is -2.70. The van der Waals surface area contributed by atoms with Crippen molar-refractivity contribution in [1.29, 1.82) is 0 Å². The Balaban J connectivity index is 1.81. The topological polar surface area (TPSA) is 47.1 Å². The van der Waals surface area contributed by atoms with Gasteiger partial charge in [-0.1, -0.05) is 48.5 Å². The third-order valence-corrected chi connectivity index (χ3v) is 6.13. The zero-order valence-corrected chi connectivity index (χ0v) is 20.5. The van der Waals surface area contributed by atoms with Crippen LogP contribution in [-0.2, 0) is 22.6 Å². The second-order valence-corrected chi connectivity index (χ2v) is 9.43. The lowest BCUT2D eigenvalue weighted by Crippen LogP contribution is -2.49. The fraction of sp³-hybridized carbons (Fsp3) is 0.481. The van der Waals surface area contributed by atoms with Crippen LogP contribution < -0.4 is 4.90 Å². The predicted octanol–water partition coefficient (Wildman–Crippen LogP) is 3.12. The minimum absolute atomic E-state index is 0.0370. The van der Waals surface area contributed by atoms with E-state index in [9.17, 15) is 9.59 Å². The van der Waals surface area contributed by atoms with Crippen LogP contribution in [0.1, 0.15) is 24.0 Å². The van der Waals surface area contributed by atoms with Crippen molar-refractivity contribution < 1.29 is 9.59 Å². The molecule has 3 rings (SSSR count). The molecule has 2 aromatic rings. The second-order valence-electron chi connectivity index (χ2n) is 9.43. The molecule has 0 spiro atoms. The highest BCUT2D eigenvalue weighted by molar-refractivity contribution is 6.09. The van der Waals surface area contributed by atoms with Gasteiger partial charge in [0, 0.05) is 18.8 Å². The smallest absolute Gasteiger partial charge is 0.240 e. The van der Waals surface area contributed by atoms with Crippen molar-refractivity contribution in [3.63, 3.8) is 0 Å². The number of benzene rings is 2. The van der Waals surface area contributed by atoms with Crippen LogP contribution in [0, 0.1) is 5.92 Å². The van der Waals surface area contributed by atoms with Crippen molar-refractivity contribution >= 4 is 17.5 Å². The Morgan fingerprint density at radius 2 is 1.42 bits per heavy atom. The van der Waals surface area contributed by atoms with Gasteiger partial charge in [0.1, 0.15) is 5.92 Å². The van der Waals surface area contributed by atoms with Gasteiger partial charge in [-0.05, 0) is 77.7 Å². The van der Waals surface area contributed by atoms with Gasteiger partial charge >= 0.3 is 0 Å². The van der Waals surface area contributed by atoms with Crippen LogP contribution in [-0.4, -0.2) is 80.9 Å². The molecule has 0 saturated carbocycles. The van der Waals surface area contributed by atoms with Gasteiger partial charge in [-0.15, -0.1) is 0 Å². The summed E-state index contributed by atoms with van der Waals surface area (Å²) in [6.07, 6.45) is 2.26. The van der Waals surface area contributed by atoms with Gasteiger partial charge in [-0.25, -0.2) is 0 Å². The van der Waals surface area contributed by atoms with Crippen LogP contribution in [0.25, 0.3) is 0 Å². The third-order valence-electron chi connectivity index (χ3n) is 6.13. The first-order valence-electron chi connectivity index (χ1n) is 11.9. The molecule has 6 nitrogen and oxygen atoms in total. The molecule has 1 heterocycles. The summed E-state index contributed by atoms with van der Waals surface area (Å²) in [5.74, 6) is -0.792. The molecule has 1 aliphatic heterocycles. The van der Waals surface area contributed by atoms with Gasteiger partial charge in [-0.2, -0.15) is 0 Å². The van der Waals surface area contributed by atoms with E-state index in [0.29, 0.717) is 26.1 Å². The number of hydrogen-bond donors (Lipinski definition) is 0. The molecule has 2 aromatic carbocycles. The van der Waals surface area contributed by atoms with Crippen LogP contribution in [0.5, 0.6) is 0 Å². The highest BCUT2D eigenvalue weighted by atomic mass is 16.2. The van der Waals surface area contributed by atoms with Crippen LogP contribution in [0.4, 0.5) is 5.69 Å². The van der Waals surface area contributed by atoms with Crippen LogP contribution >= 0.6 is 0 Å². The number of carbonyl (C=O) groups is 2. The maximum absolute atomic E-state index is 13.7. The zero-order chi connectivity index (χ0) is 23.8. The molecule has 1 unspecified atom stereocenters. The summed E-state index contributed by atoms with van der Waals surface area (Å²) in [4.78, 5) is 35.4. The summed E-state index contributed by atoms with van der Waals surface area (Å²) >= 11 is 0. The minimum atomic E-state index is -0.665. The molecule has 0 N–H and O–H groups in total. The molecule has 0 saturated heterocycles. The molecule has 1 aliphatic rings. The van der Waals surface area contributed by atoms with Crippen molar-refractivity contribution in [2.45, 2.75) is 25.8 Å². The molecule has 0 aliphatic carbocycles. The van der Waals surface area contributed by atoms with E-state index in [1.165, 1.54) is 0 Å². The van der Waals surface area contributed by atoms with E-state index in [1.807, 2.05) is 87.7 Å². The lowest BCUT2D eigenvalue weighted by atomic mass is 9.90. The Morgan fingerprint density at radius 3 is 2.03 bits per heavy atom. The molecule has 6 heteroatoms. The molecule has 0 fully saturated rings. The number of carbonyl (C=O) groups excluding carboxylic acids is 2. The highest BCUT2D eigenvalue weighted by Gasteiger charge is 2.39. The van der Waals surface area contributed by atoms with Crippen molar-refractivity contribution in [3.05, 3.63) is 65.7 Å². The molecule has 2 amide bonds. The summed E-state index contributed by atoms with van der Waals surface area (Å²) in [5.41, 5.74) is 3.04. The maximum atomic E-state index is 13.7. The number of amides is 2. The van der Waals surface area contributed by atoms with E-state index in [-0.39, 0.29) is 11.8 Å². The first-order chi connectivity index (χ1) is 15.9.